The second-order valence-corrected chi connectivity index (χ2v) is 5.37. The van der Waals surface area contributed by atoms with Crippen molar-refractivity contribution in [2.75, 3.05) is 13.1 Å². The van der Waals surface area contributed by atoms with E-state index in [1.807, 2.05) is 5.38 Å². The van der Waals surface area contributed by atoms with Gasteiger partial charge in [0.25, 0.3) is 0 Å². The van der Waals surface area contributed by atoms with Crippen molar-refractivity contribution in [3.8, 4) is 0 Å². The summed E-state index contributed by atoms with van der Waals surface area (Å²) >= 11 is 5.13. The molecule has 1 atom stereocenters. The number of hydrogen-bond donors (Lipinski definition) is 2. The smallest absolute Gasteiger partial charge is 0.0928 e. The molecule has 1 saturated heterocycles. The molecule has 0 bridgehead atoms. The largest absolute Gasteiger partial charge is 0.385 e. The normalized spacial score (nSPS) is 28.7. The van der Waals surface area contributed by atoms with Gasteiger partial charge in [-0.15, -0.1) is 0 Å². The van der Waals surface area contributed by atoms with Gasteiger partial charge < -0.3 is 10.4 Å². The van der Waals surface area contributed by atoms with Crippen molar-refractivity contribution in [2.24, 2.45) is 0 Å². The van der Waals surface area contributed by atoms with E-state index in [0.29, 0.717) is 0 Å². The average Bonchev–Trinajstić information content (AvgIpc) is 2.46. The monoisotopic (exact) mass is 275 g/mol. The van der Waals surface area contributed by atoms with Crippen LogP contribution in [0.5, 0.6) is 0 Å². The van der Waals surface area contributed by atoms with Gasteiger partial charge >= 0.3 is 0 Å². The highest BCUT2D eigenvalue weighted by molar-refractivity contribution is 9.10. The minimum absolute atomic E-state index is 0.623. The van der Waals surface area contributed by atoms with Gasteiger partial charge in [0.2, 0.25) is 0 Å². The molecule has 2 heterocycles. The molecule has 0 aliphatic carbocycles. The number of nitrogens with one attached hydrogen (secondary N) is 1. The van der Waals surface area contributed by atoms with Crippen molar-refractivity contribution in [3.63, 3.8) is 0 Å². The Bertz CT molecular complexity index is 305. The predicted molar refractivity (Wildman–Crippen MR) is 62.6 cm³/mol. The molecule has 4 heteroatoms. The number of thiophene rings is 1. The van der Waals surface area contributed by atoms with E-state index in [0.717, 1.165) is 42.4 Å². The molecule has 1 aliphatic heterocycles. The van der Waals surface area contributed by atoms with Crippen LogP contribution in [0.1, 0.15) is 24.8 Å². The molecule has 1 aromatic rings. The summed E-state index contributed by atoms with van der Waals surface area (Å²) in [6.07, 6.45) is 2.70. The first-order valence-corrected chi connectivity index (χ1v) is 6.61. The van der Waals surface area contributed by atoms with Crippen molar-refractivity contribution < 1.29 is 5.11 Å². The molecule has 0 aromatic carbocycles. The van der Waals surface area contributed by atoms with Crippen molar-refractivity contribution in [1.82, 2.24) is 5.32 Å². The summed E-state index contributed by atoms with van der Waals surface area (Å²) in [7, 11) is 0. The number of aliphatic hydroxyl groups is 1. The van der Waals surface area contributed by atoms with E-state index in [1.54, 1.807) is 11.3 Å². The third kappa shape index (κ3) is 2.03. The zero-order valence-corrected chi connectivity index (χ0v) is 10.3. The Labute approximate surface area is 96.5 Å². The summed E-state index contributed by atoms with van der Waals surface area (Å²) in [5, 5.41) is 17.9. The topological polar surface area (TPSA) is 32.3 Å². The molecule has 1 aromatic heterocycles. The summed E-state index contributed by atoms with van der Waals surface area (Å²) in [6, 6.07) is 0. The summed E-state index contributed by atoms with van der Waals surface area (Å²) < 4.78 is 1.05. The fraction of sp³-hybridized carbons (Fsp3) is 0.600. The lowest BCUT2D eigenvalue weighted by Gasteiger charge is -2.26. The van der Waals surface area contributed by atoms with E-state index in [-0.39, 0.29) is 0 Å². The summed E-state index contributed by atoms with van der Waals surface area (Å²) in [5.74, 6) is 0. The first-order chi connectivity index (χ1) is 6.72. The van der Waals surface area contributed by atoms with Crippen LogP contribution in [0.3, 0.4) is 0 Å². The lowest BCUT2D eigenvalue weighted by Crippen LogP contribution is -2.26. The molecule has 1 fully saturated rings. The van der Waals surface area contributed by atoms with Crippen LogP contribution in [-0.2, 0) is 5.60 Å². The molecular formula is C10H14BrNOS. The fourth-order valence-electron chi connectivity index (χ4n) is 1.93. The molecule has 78 valence electrons. The quantitative estimate of drug-likeness (QED) is 0.826. The lowest BCUT2D eigenvalue weighted by molar-refractivity contribution is 0.0238. The van der Waals surface area contributed by atoms with E-state index in [4.69, 9.17) is 0 Å². The van der Waals surface area contributed by atoms with Gasteiger partial charge in [0, 0.05) is 15.4 Å². The van der Waals surface area contributed by atoms with Gasteiger partial charge in [0.1, 0.15) is 0 Å². The van der Waals surface area contributed by atoms with Gasteiger partial charge in [-0.25, -0.2) is 0 Å². The van der Waals surface area contributed by atoms with Crippen LogP contribution in [0.4, 0.5) is 0 Å². The van der Waals surface area contributed by atoms with E-state index >= 15 is 0 Å². The van der Waals surface area contributed by atoms with Gasteiger partial charge in [-0.2, -0.15) is 11.3 Å². The number of hydrogen-bond acceptors (Lipinski definition) is 3. The molecule has 14 heavy (non-hydrogen) atoms. The molecular weight excluding hydrogens is 262 g/mol. The van der Waals surface area contributed by atoms with E-state index in [2.05, 4.69) is 26.6 Å². The predicted octanol–water partition coefficient (Wildman–Crippen LogP) is 2.47. The van der Waals surface area contributed by atoms with Gasteiger partial charge in [-0.3, -0.25) is 0 Å². The van der Waals surface area contributed by atoms with Crippen LogP contribution < -0.4 is 5.32 Å². The highest BCUT2D eigenvalue weighted by Crippen LogP contribution is 2.37. The molecule has 2 nitrogen and oxygen atoms in total. The zero-order chi connectivity index (χ0) is 10.0. The average molecular weight is 276 g/mol. The van der Waals surface area contributed by atoms with Crippen LogP contribution in [0, 0.1) is 0 Å². The van der Waals surface area contributed by atoms with Gasteiger partial charge in [0.15, 0.2) is 0 Å². The standard InChI is InChI=1S/C10H14BrNOS/c11-9-7-14-6-8(9)10(13)2-1-4-12-5-3-10/h6-7,12-13H,1-5H2. The van der Waals surface area contributed by atoms with Crippen molar-refractivity contribution >= 4 is 27.3 Å². The Morgan fingerprint density at radius 1 is 1.36 bits per heavy atom. The van der Waals surface area contributed by atoms with Crippen LogP contribution in [0.25, 0.3) is 0 Å². The summed E-state index contributed by atoms with van der Waals surface area (Å²) in [4.78, 5) is 0. The van der Waals surface area contributed by atoms with Crippen molar-refractivity contribution in [2.45, 2.75) is 24.9 Å². The molecule has 0 spiro atoms. The van der Waals surface area contributed by atoms with E-state index in [1.165, 1.54) is 0 Å². The van der Waals surface area contributed by atoms with E-state index < -0.39 is 5.60 Å². The Morgan fingerprint density at radius 2 is 2.21 bits per heavy atom. The molecule has 0 saturated carbocycles. The van der Waals surface area contributed by atoms with Crippen molar-refractivity contribution in [3.05, 3.63) is 20.8 Å². The third-order valence-electron chi connectivity index (χ3n) is 2.78. The molecule has 0 amide bonds. The van der Waals surface area contributed by atoms with Crippen LogP contribution >= 0.6 is 27.3 Å². The fourth-order valence-corrected chi connectivity index (χ4v) is 3.69. The SMILES string of the molecule is OC1(c2cscc2Br)CCCNCC1. The molecule has 0 radical (unpaired) electrons. The first-order valence-electron chi connectivity index (χ1n) is 4.88. The van der Waals surface area contributed by atoms with Crippen molar-refractivity contribution in [1.29, 1.82) is 0 Å². The molecule has 1 aliphatic rings. The Kier molecular flexibility index (Phi) is 3.27. The zero-order valence-electron chi connectivity index (χ0n) is 7.92. The first kappa shape index (κ1) is 10.6. The number of halogens is 1. The summed E-state index contributed by atoms with van der Waals surface area (Å²) in [5.41, 5.74) is 0.439. The van der Waals surface area contributed by atoms with Gasteiger partial charge in [0.05, 0.1) is 5.60 Å². The van der Waals surface area contributed by atoms with E-state index in [9.17, 15) is 5.11 Å². The second kappa shape index (κ2) is 4.31. The minimum atomic E-state index is -0.623. The van der Waals surface area contributed by atoms with Crippen LogP contribution in [0.2, 0.25) is 0 Å². The summed E-state index contributed by atoms with van der Waals surface area (Å²) in [6.45, 7) is 1.92. The maximum Gasteiger partial charge on any atom is 0.0928 e. The Morgan fingerprint density at radius 3 is 2.93 bits per heavy atom. The van der Waals surface area contributed by atoms with Gasteiger partial charge in [-0.1, -0.05) is 0 Å². The second-order valence-electron chi connectivity index (χ2n) is 3.77. The van der Waals surface area contributed by atoms with Gasteiger partial charge in [-0.05, 0) is 53.7 Å². The Hall–Kier alpha value is 0.1000. The minimum Gasteiger partial charge on any atom is -0.385 e. The third-order valence-corrected chi connectivity index (χ3v) is 4.48. The number of rotatable bonds is 1. The highest BCUT2D eigenvalue weighted by atomic mass is 79.9. The Balaban J connectivity index is 2.25. The maximum atomic E-state index is 10.5. The maximum absolute atomic E-state index is 10.5. The molecule has 2 N–H and O–H groups in total. The highest BCUT2D eigenvalue weighted by Gasteiger charge is 2.32. The molecule has 1 unspecified atom stereocenters. The molecule has 2 rings (SSSR count). The van der Waals surface area contributed by atoms with Crippen LogP contribution in [0.15, 0.2) is 15.2 Å². The van der Waals surface area contributed by atoms with Crippen LogP contribution in [-0.4, -0.2) is 18.2 Å². The lowest BCUT2D eigenvalue weighted by atomic mass is 9.89.